The van der Waals surface area contributed by atoms with E-state index < -0.39 is 0 Å². The minimum atomic E-state index is 0. The Bertz CT molecular complexity index is 1110. The molecule has 0 aliphatic carbocycles. The Labute approximate surface area is 188 Å². The van der Waals surface area contributed by atoms with Gasteiger partial charge in [0.1, 0.15) is 0 Å². The summed E-state index contributed by atoms with van der Waals surface area (Å²) in [5.41, 5.74) is 2.73. The maximum Gasteiger partial charge on any atom is 2.00 e. The number of rotatable bonds is 2. The molecule has 5 aromatic rings. The molecule has 0 aliphatic heterocycles. The molecule has 0 heterocycles. The van der Waals surface area contributed by atoms with Gasteiger partial charge in [-0.05, 0) is 17.8 Å². The van der Waals surface area contributed by atoms with E-state index in [2.05, 4.69) is 111 Å². The first-order valence-corrected chi connectivity index (χ1v) is 10.3. The van der Waals surface area contributed by atoms with Gasteiger partial charge in [0.2, 0.25) is 0 Å². The van der Waals surface area contributed by atoms with Crippen LogP contribution in [0, 0.1) is 13.8 Å². The van der Waals surface area contributed by atoms with Crippen LogP contribution in [0.25, 0.3) is 21.5 Å². The molecule has 0 fully saturated rings. The van der Waals surface area contributed by atoms with Gasteiger partial charge in [0.25, 0.3) is 0 Å². The smallest absolute Gasteiger partial charge is 0.165 e. The zero-order chi connectivity index (χ0) is 18.6. The fourth-order valence-corrected chi connectivity index (χ4v) is 4.62. The zero-order valence-corrected chi connectivity index (χ0v) is 19.7. The van der Waals surface area contributed by atoms with Crippen molar-refractivity contribution in [2.45, 2.75) is 13.8 Å². The van der Waals surface area contributed by atoms with Crippen LogP contribution in [0.5, 0.6) is 0 Å². The summed E-state index contributed by atoms with van der Waals surface area (Å²) in [7, 11) is 0.759. The van der Waals surface area contributed by atoms with E-state index in [-0.39, 0.29) is 26.2 Å². The molecule has 2 heteroatoms. The maximum absolute atomic E-state index is 2.31. The molecule has 0 radical (unpaired) electrons. The Morgan fingerprint density at radius 1 is 0.643 bits per heavy atom. The summed E-state index contributed by atoms with van der Waals surface area (Å²) < 4.78 is 0. The minimum Gasteiger partial charge on any atom is -0.165 e. The second-order valence-electron chi connectivity index (χ2n) is 6.97. The van der Waals surface area contributed by atoms with Crippen molar-refractivity contribution in [2.75, 3.05) is 0 Å². The van der Waals surface area contributed by atoms with Crippen molar-refractivity contribution in [1.82, 2.24) is 0 Å². The Kier molecular flexibility index (Phi) is 7.17. The molecule has 5 aromatic carbocycles. The summed E-state index contributed by atoms with van der Waals surface area (Å²) >= 11 is 0. The van der Waals surface area contributed by atoms with Crippen molar-refractivity contribution in [3.63, 3.8) is 0 Å². The van der Waals surface area contributed by atoms with Crippen LogP contribution in [-0.2, 0) is 26.2 Å². The van der Waals surface area contributed by atoms with Crippen molar-refractivity contribution < 1.29 is 26.2 Å². The number of hydrogen-bond acceptors (Lipinski definition) is 0. The number of benzene rings is 3. The zero-order valence-electron chi connectivity index (χ0n) is 16.2. The van der Waals surface area contributed by atoms with E-state index in [1.165, 1.54) is 43.3 Å². The van der Waals surface area contributed by atoms with Gasteiger partial charge in [-0.2, -0.15) is 12.1 Å². The van der Waals surface area contributed by atoms with Gasteiger partial charge in [-0.3, -0.25) is 0 Å². The molecular formula is C26H23PZr. The first-order chi connectivity index (χ1) is 13.2. The quantitative estimate of drug-likeness (QED) is 0.214. The summed E-state index contributed by atoms with van der Waals surface area (Å²) in [4.78, 5) is 0. The first-order valence-electron chi connectivity index (χ1n) is 9.29. The van der Waals surface area contributed by atoms with Gasteiger partial charge in [-0.1, -0.05) is 51.9 Å². The van der Waals surface area contributed by atoms with Crippen LogP contribution in [-0.4, -0.2) is 0 Å². The first kappa shape index (κ1) is 20.9. The third kappa shape index (κ3) is 4.97. The number of fused-ring (bicyclic) bond motifs is 2. The van der Waals surface area contributed by atoms with Crippen LogP contribution < -0.4 is 10.6 Å². The summed E-state index contributed by atoms with van der Waals surface area (Å²) in [6, 6.07) is 34.6. The van der Waals surface area contributed by atoms with E-state index in [4.69, 9.17) is 0 Å². The van der Waals surface area contributed by atoms with E-state index in [0.717, 1.165) is 8.58 Å². The van der Waals surface area contributed by atoms with Crippen molar-refractivity contribution in [1.29, 1.82) is 0 Å². The van der Waals surface area contributed by atoms with E-state index in [9.17, 15) is 0 Å². The largest absolute Gasteiger partial charge is 2.00 e. The molecule has 5 rings (SSSR count). The minimum absolute atomic E-state index is 0. The van der Waals surface area contributed by atoms with Crippen LogP contribution in [0.4, 0.5) is 0 Å². The molecular weight excluding hydrogens is 434 g/mol. The summed E-state index contributed by atoms with van der Waals surface area (Å²) in [5, 5.41) is 8.27. The Morgan fingerprint density at radius 2 is 1.21 bits per heavy atom. The second kappa shape index (κ2) is 9.60. The molecule has 0 N–H and O–H groups in total. The van der Waals surface area contributed by atoms with Crippen molar-refractivity contribution in [3.05, 3.63) is 108 Å². The standard InChI is InChI=1S/C16H14P.C10H9.Zr/c1-12-6-2-5-9-16(12)17-15-10-13-7-3-4-8-14(13)11-15;1-8-6-9-4-2-3-5-10(9)7-8;/h2-11,17H,1H3;2-7H,1H3;/q2*-1;+2. The summed E-state index contributed by atoms with van der Waals surface area (Å²) in [6.07, 6.45) is 0. The number of aryl methyl sites for hydroxylation is 2. The molecule has 1 unspecified atom stereocenters. The van der Waals surface area contributed by atoms with Crippen LogP contribution in [0.2, 0.25) is 0 Å². The monoisotopic (exact) mass is 456 g/mol. The summed E-state index contributed by atoms with van der Waals surface area (Å²) in [5.74, 6) is 0. The molecule has 136 valence electrons. The van der Waals surface area contributed by atoms with Crippen LogP contribution in [0.1, 0.15) is 11.1 Å². The third-order valence-electron chi connectivity index (χ3n) is 4.80. The van der Waals surface area contributed by atoms with E-state index in [0.29, 0.717) is 0 Å². The normalized spacial score (nSPS) is 10.8. The molecule has 0 amide bonds. The Morgan fingerprint density at radius 3 is 1.86 bits per heavy atom. The Balaban J connectivity index is 0.000000175. The van der Waals surface area contributed by atoms with Gasteiger partial charge in [0.15, 0.2) is 0 Å². The van der Waals surface area contributed by atoms with Crippen molar-refractivity contribution in [3.8, 4) is 0 Å². The van der Waals surface area contributed by atoms with Crippen LogP contribution in [0.3, 0.4) is 0 Å². The van der Waals surface area contributed by atoms with Gasteiger partial charge in [-0.25, -0.2) is 0 Å². The predicted octanol–water partition coefficient (Wildman–Crippen LogP) is 6.36. The van der Waals surface area contributed by atoms with E-state index in [1.54, 1.807) is 0 Å². The SMILES string of the molecule is Cc1cc2ccccc2[cH-]1.Cc1ccccc1Pc1cc2ccccc2[cH-]1.[Zr+2]. The van der Waals surface area contributed by atoms with E-state index >= 15 is 0 Å². The van der Waals surface area contributed by atoms with Crippen molar-refractivity contribution >= 4 is 40.7 Å². The molecule has 0 bridgehead atoms. The molecule has 0 spiro atoms. The van der Waals surface area contributed by atoms with Crippen molar-refractivity contribution in [2.24, 2.45) is 0 Å². The molecule has 0 aromatic heterocycles. The van der Waals surface area contributed by atoms with Crippen LogP contribution in [0.15, 0.2) is 97.1 Å². The molecule has 0 saturated heterocycles. The van der Waals surface area contributed by atoms with Crippen LogP contribution >= 0.6 is 8.58 Å². The average molecular weight is 458 g/mol. The van der Waals surface area contributed by atoms with Gasteiger partial charge < -0.3 is 0 Å². The topological polar surface area (TPSA) is 0 Å². The Hall–Kier alpha value is -1.81. The third-order valence-corrected chi connectivity index (χ3v) is 6.21. The second-order valence-corrected chi connectivity index (χ2v) is 8.34. The van der Waals surface area contributed by atoms with Gasteiger partial charge in [-0.15, -0.1) is 80.9 Å². The molecule has 28 heavy (non-hydrogen) atoms. The molecule has 1 atom stereocenters. The number of hydrogen-bond donors (Lipinski definition) is 0. The van der Waals surface area contributed by atoms with Gasteiger partial charge >= 0.3 is 26.2 Å². The fraction of sp³-hybridized carbons (Fsp3) is 0.0769. The summed E-state index contributed by atoms with van der Waals surface area (Å²) in [6.45, 7) is 4.31. The molecule has 0 aliphatic rings. The van der Waals surface area contributed by atoms with E-state index in [1.807, 2.05) is 0 Å². The molecule has 0 saturated carbocycles. The predicted molar refractivity (Wildman–Crippen MR) is 123 cm³/mol. The van der Waals surface area contributed by atoms with Gasteiger partial charge in [0, 0.05) is 0 Å². The molecule has 0 nitrogen and oxygen atoms in total. The fourth-order valence-electron chi connectivity index (χ4n) is 3.40. The van der Waals surface area contributed by atoms with Gasteiger partial charge in [0.05, 0.1) is 0 Å². The average Bonchev–Trinajstić information content (AvgIpc) is 3.25. The maximum atomic E-state index is 2.31.